The molecule has 8 aromatic carbocycles. The van der Waals surface area contributed by atoms with Crippen molar-refractivity contribution in [3.05, 3.63) is 222 Å². The zero-order valence-corrected chi connectivity index (χ0v) is 42.9. The highest BCUT2D eigenvalue weighted by atomic mass is 32.1. The van der Waals surface area contributed by atoms with Crippen LogP contribution in [0.2, 0.25) is 0 Å². The van der Waals surface area contributed by atoms with Crippen molar-refractivity contribution < 1.29 is 0 Å². The number of benzene rings is 8. The van der Waals surface area contributed by atoms with Crippen LogP contribution in [0.5, 0.6) is 0 Å². The minimum atomic E-state index is -0.0611. The van der Waals surface area contributed by atoms with Gasteiger partial charge in [-0.2, -0.15) is 0 Å². The maximum absolute atomic E-state index is 2.67. The van der Waals surface area contributed by atoms with E-state index in [1.807, 2.05) is 11.3 Å². The van der Waals surface area contributed by atoms with Gasteiger partial charge in [0.15, 0.2) is 0 Å². The van der Waals surface area contributed by atoms with Gasteiger partial charge in [-0.3, -0.25) is 0 Å². The summed E-state index contributed by atoms with van der Waals surface area (Å²) in [7, 11) is 0. The van der Waals surface area contributed by atoms with E-state index in [0.717, 1.165) is 23.5 Å². The van der Waals surface area contributed by atoms with E-state index in [2.05, 4.69) is 256 Å². The van der Waals surface area contributed by atoms with Crippen molar-refractivity contribution in [1.29, 1.82) is 0 Å². The smallest absolute Gasteiger partial charge is 0.264 e. The minimum Gasteiger partial charge on any atom is -0.311 e. The van der Waals surface area contributed by atoms with E-state index in [1.54, 1.807) is 0 Å². The molecule has 3 aliphatic carbocycles. The summed E-state index contributed by atoms with van der Waals surface area (Å²) in [5, 5.41) is 1.35. The first-order valence-corrected chi connectivity index (χ1v) is 26.8. The van der Waals surface area contributed by atoms with Gasteiger partial charge in [-0.25, -0.2) is 0 Å². The highest BCUT2D eigenvalue weighted by Gasteiger charge is 2.50. The van der Waals surface area contributed by atoms with Crippen LogP contribution >= 0.6 is 11.3 Å². The predicted molar refractivity (Wildman–Crippen MR) is 310 cm³/mol. The molecule has 0 amide bonds. The first-order valence-electron chi connectivity index (χ1n) is 26.0. The zero-order valence-electron chi connectivity index (χ0n) is 42.1. The molecule has 72 heavy (non-hydrogen) atoms. The minimum absolute atomic E-state index is 0.0290. The van der Waals surface area contributed by atoms with Crippen molar-refractivity contribution in [2.24, 2.45) is 5.92 Å². The average Bonchev–Trinajstić information content (AvgIpc) is 3.90. The van der Waals surface area contributed by atoms with Crippen LogP contribution in [0.15, 0.2) is 200 Å². The van der Waals surface area contributed by atoms with E-state index in [-0.39, 0.29) is 23.0 Å². The van der Waals surface area contributed by atoms with Gasteiger partial charge in [-0.15, -0.1) is 11.3 Å². The summed E-state index contributed by atoms with van der Waals surface area (Å²) < 4.78 is 2.79. The van der Waals surface area contributed by atoms with Gasteiger partial charge in [0, 0.05) is 54.6 Å². The largest absolute Gasteiger partial charge is 0.311 e. The van der Waals surface area contributed by atoms with Gasteiger partial charge in [0.1, 0.15) is 0 Å². The van der Waals surface area contributed by atoms with Gasteiger partial charge in [0.05, 0.1) is 17.1 Å². The average molecular weight is 948 g/mol. The van der Waals surface area contributed by atoms with Gasteiger partial charge in [-0.1, -0.05) is 169 Å². The van der Waals surface area contributed by atoms with Gasteiger partial charge in [0.2, 0.25) is 0 Å². The van der Waals surface area contributed by atoms with Crippen LogP contribution in [-0.2, 0) is 16.2 Å². The number of rotatable bonds is 6. The SMILES string of the molecule is CC1(C)CCC(C)(C)c2cc3c4c(sc3cc21)B1c2cc3c(cc2N(c2ccccc2-c2ccccc2)c2cc(N(c5ccccc5)c5ccccc5)cc(c21)N4c1ccccc1)C(C)(C)C1CC=CC=C31. The Morgan fingerprint density at radius 1 is 0.542 bits per heavy atom. The molecule has 0 saturated carbocycles. The quantitative estimate of drug-likeness (QED) is 0.154. The second-order valence-electron chi connectivity index (χ2n) is 22.7. The molecule has 5 aliphatic rings. The summed E-state index contributed by atoms with van der Waals surface area (Å²) in [5.74, 6) is 0.416. The Bertz CT molecular complexity index is 3680. The van der Waals surface area contributed by atoms with Crippen molar-refractivity contribution >= 4 is 101 Å². The number of allylic oxidation sites excluding steroid dienone is 4. The lowest BCUT2D eigenvalue weighted by Gasteiger charge is -2.45. The zero-order chi connectivity index (χ0) is 48.7. The lowest BCUT2D eigenvalue weighted by Crippen LogP contribution is -2.60. The molecule has 3 nitrogen and oxygen atoms in total. The number of fused-ring (bicyclic) bond motifs is 10. The molecule has 1 atom stereocenters. The molecular weight excluding hydrogens is 890 g/mol. The van der Waals surface area contributed by atoms with Gasteiger partial charge >= 0.3 is 0 Å². The molecule has 2 aliphatic heterocycles. The van der Waals surface area contributed by atoms with Gasteiger partial charge in [0.25, 0.3) is 6.71 Å². The summed E-state index contributed by atoms with van der Waals surface area (Å²) in [6.07, 6.45) is 10.5. The Morgan fingerprint density at radius 2 is 1.14 bits per heavy atom. The lowest BCUT2D eigenvalue weighted by molar-refractivity contribution is 0.332. The van der Waals surface area contributed by atoms with Crippen LogP contribution in [0.1, 0.15) is 83.1 Å². The Kier molecular flexibility index (Phi) is 9.55. The molecule has 3 heterocycles. The second kappa shape index (κ2) is 15.8. The molecular formula is C67H58BN3S. The van der Waals surface area contributed by atoms with E-state index in [1.165, 1.54) is 112 Å². The fraction of sp³-hybridized carbons (Fsp3) is 0.194. The first-order chi connectivity index (χ1) is 35.0. The molecule has 350 valence electrons. The molecule has 0 radical (unpaired) electrons. The predicted octanol–water partition coefficient (Wildman–Crippen LogP) is 16.7. The first kappa shape index (κ1) is 43.5. The van der Waals surface area contributed by atoms with Crippen molar-refractivity contribution in [3.8, 4) is 11.1 Å². The van der Waals surface area contributed by atoms with E-state index < -0.39 is 0 Å². The summed E-state index contributed by atoms with van der Waals surface area (Å²) in [5.41, 5.74) is 23.2. The molecule has 5 heteroatoms. The van der Waals surface area contributed by atoms with Crippen molar-refractivity contribution in [2.45, 2.75) is 77.0 Å². The molecule has 0 N–H and O–H groups in total. The maximum Gasteiger partial charge on any atom is 0.264 e. The second-order valence-corrected chi connectivity index (χ2v) is 23.8. The number of thiophene rings is 1. The highest BCUT2D eigenvalue weighted by Crippen LogP contribution is 2.57. The molecule has 0 fully saturated rings. The number of anilines is 9. The lowest BCUT2D eigenvalue weighted by atomic mass is 9.36. The summed E-state index contributed by atoms with van der Waals surface area (Å²) in [6, 6.07) is 68.8. The Hall–Kier alpha value is -7.34. The third-order valence-electron chi connectivity index (χ3n) is 17.3. The van der Waals surface area contributed by atoms with E-state index >= 15 is 0 Å². The Balaban J connectivity index is 1.16. The van der Waals surface area contributed by atoms with Crippen LogP contribution in [0, 0.1) is 5.92 Å². The number of hydrogen-bond acceptors (Lipinski definition) is 4. The third kappa shape index (κ3) is 6.35. The monoisotopic (exact) mass is 947 g/mol. The van der Waals surface area contributed by atoms with Crippen LogP contribution in [-0.4, -0.2) is 6.71 Å². The van der Waals surface area contributed by atoms with E-state index in [4.69, 9.17) is 0 Å². The molecule has 1 unspecified atom stereocenters. The third-order valence-corrected chi connectivity index (χ3v) is 18.5. The normalized spacial score (nSPS) is 18.1. The highest BCUT2D eigenvalue weighted by molar-refractivity contribution is 7.33. The van der Waals surface area contributed by atoms with Gasteiger partial charge < -0.3 is 14.7 Å². The van der Waals surface area contributed by atoms with Crippen LogP contribution in [0.25, 0.3) is 26.8 Å². The Morgan fingerprint density at radius 3 is 1.82 bits per heavy atom. The fourth-order valence-electron chi connectivity index (χ4n) is 13.5. The molecule has 0 spiro atoms. The number of nitrogens with zero attached hydrogens (tertiary/aromatic N) is 3. The van der Waals surface area contributed by atoms with Crippen molar-refractivity contribution in [2.75, 3.05) is 14.7 Å². The molecule has 9 aromatic rings. The van der Waals surface area contributed by atoms with Crippen molar-refractivity contribution in [3.63, 3.8) is 0 Å². The summed E-state index contributed by atoms with van der Waals surface area (Å²) in [6.45, 7) is 14.8. The summed E-state index contributed by atoms with van der Waals surface area (Å²) in [4.78, 5) is 7.78. The van der Waals surface area contributed by atoms with E-state index in [0.29, 0.717) is 5.92 Å². The molecule has 0 bridgehead atoms. The Labute approximate surface area is 429 Å². The topological polar surface area (TPSA) is 9.72 Å². The van der Waals surface area contributed by atoms with E-state index in [9.17, 15) is 0 Å². The summed E-state index contributed by atoms with van der Waals surface area (Å²) >= 11 is 2.04. The fourth-order valence-corrected chi connectivity index (χ4v) is 14.8. The molecule has 14 rings (SSSR count). The molecule has 1 aromatic heterocycles. The molecule has 0 saturated heterocycles. The van der Waals surface area contributed by atoms with Crippen molar-refractivity contribution in [1.82, 2.24) is 0 Å². The van der Waals surface area contributed by atoms with Crippen LogP contribution in [0.3, 0.4) is 0 Å². The van der Waals surface area contributed by atoms with Crippen LogP contribution in [0.4, 0.5) is 51.2 Å². The standard InChI is InChI=1S/C67H58BN3S/c1-65(2)35-36-66(3,4)55-42-61-51(39-54(55)65)63-64(72-61)68-56-40-50-49-32-19-21-33-52(49)67(5,6)53(50)41-58(56)71(57-34-22-20-31-48(57)43-23-11-7-12-24-43)60-38-47(37-59(62(60)68)70(63)46-29-17-10-18-30-46)69(44-25-13-8-14-26-44)45-27-15-9-16-28-45/h7-32,34,37-42,52H,33,35-36H2,1-6H3. The number of hydrogen-bond donors (Lipinski definition) is 0. The number of para-hydroxylation sites is 4. The van der Waals surface area contributed by atoms with Crippen LogP contribution < -0.4 is 30.4 Å². The van der Waals surface area contributed by atoms with Gasteiger partial charge in [-0.05, 0) is 159 Å². The maximum atomic E-state index is 2.67.